The Morgan fingerprint density at radius 3 is 1.69 bits per heavy atom. The molecular formula is C48H34MnN4O8-4. The van der Waals surface area contributed by atoms with Gasteiger partial charge in [-0.25, -0.2) is 4.79 Å². The summed E-state index contributed by atoms with van der Waals surface area (Å²) >= 11 is 0. The Morgan fingerprint density at radius 2 is 1.11 bits per heavy atom. The summed E-state index contributed by atoms with van der Waals surface area (Å²) in [5, 5.41) is 62.7. The van der Waals surface area contributed by atoms with E-state index < -0.39 is 23.9 Å². The van der Waals surface area contributed by atoms with Crippen molar-refractivity contribution in [2.75, 3.05) is 0 Å². The molecule has 0 saturated carbocycles. The minimum atomic E-state index is -1.29. The monoisotopic (exact) mass is 849 g/mol. The van der Waals surface area contributed by atoms with E-state index in [2.05, 4.69) is 15.3 Å². The van der Waals surface area contributed by atoms with Crippen molar-refractivity contribution < 1.29 is 57.0 Å². The molecule has 1 radical (unpaired) electrons. The molecule has 4 N–H and O–H groups in total. The standard InChI is InChI=1S/C48H38N4O8.Mn/c53-45(54)29-9-1-25(2-10-29)41-33-17-19-35(49-33)42(26-3-11-30(12-4-26)46(55)56)37-21-23-39(51-37)44(28-7-15-32(16-8-28)48(59)60)40-24-22-38(52-40)43(36-20-18-34(41)50-36)27-5-13-31(14-6-27)47(57)58;/h1-17,19,22,24,34,37,49-50,52,59-60H,18,20-21,23H2,(H,53,54)(H,55,56)(H,57,58);/p-4/b41-33-,42-35+,43-36-;. The fourth-order valence-electron chi connectivity index (χ4n) is 8.61. The molecule has 305 valence electrons. The molecule has 2 unspecified atom stereocenters. The molecule has 13 heteroatoms. The van der Waals surface area contributed by atoms with Crippen LogP contribution in [0.25, 0.3) is 28.2 Å². The smallest absolute Gasteiger partial charge is 0.335 e. The minimum Gasteiger partial charge on any atom is -0.884 e. The van der Waals surface area contributed by atoms with E-state index >= 15 is 0 Å². The van der Waals surface area contributed by atoms with E-state index in [1.54, 1.807) is 60.7 Å². The first-order chi connectivity index (χ1) is 29.0. The zero-order valence-corrected chi connectivity index (χ0v) is 33.3. The molecule has 3 aliphatic rings. The third kappa shape index (κ3) is 7.68. The SMILES string of the molecule is O=C([O-])c1ccc(/C2=C3\CCC(N3)/C(c3ccc(C(=O)[O-])cc3)=c3/cc/c([nH]3)=C(/c3ccc(C(=O)O)cc3)C3CCC(=N3)C(=c3ccc(=C([O-])[O-])cc3)c3ccc2[nH]3)cc1.[Mn]. The largest absolute Gasteiger partial charge is 0.884 e. The van der Waals surface area contributed by atoms with Gasteiger partial charge < -0.3 is 50.4 Å². The van der Waals surface area contributed by atoms with E-state index in [-0.39, 0.29) is 51.1 Å². The molecule has 1 fully saturated rings. The molecule has 9 rings (SSSR count). The van der Waals surface area contributed by atoms with Gasteiger partial charge in [0.1, 0.15) is 0 Å². The summed E-state index contributed by atoms with van der Waals surface area (Å²) in [6, 6.07) is 33.5. The van der Waals surface area contributed by atoms with Crippen LogP contribution >= 0.6 is 0 Å². The van der Waals surface area contributed by atoms with Crippen molar-refractivity contribution in [2.45, 2.75) is 37.8 Å². The zero-order valence-electron chi connectivity index (χ0n) is 32.2. The molecule has 0 spiro atoms. The summed E-state index contributed by atoms with van der Waals surface area (Å²) in [4.78, 5) is 48.0. The van der Waals surface area contributed by atoms with E-state index in [1.807, 2.05) is 24.3 Å². The Labute approximate surface area is 358 Å². The third-order valence-corrected chi connectivity index (χ3v) is 11.5. The number of hydrogen-bond donors (Lipinski definition) is 4. The molecular weight excluding hydrogens is 815 g/mol. The Hall–Kier alpha value is -7.34. The maximum Gasteiger partial charge on any atom is 0.335 e. The molecule has 8 bridgehead atoms. The maximum atomic E-state index is 11.8. The molecule has 3 aliphatic heterocycles. The molecule has 2 atom stereocenters. The van der Waals surface area contributed by atoms with E-state index in [0.717, 1.165) is 77.7 Å². The van der Waals surface area contributed by atoms with Crippen molar-refractivity contribution in [3.63, 3.8) is 0 Å². The summed E-state index contributed by atoms with van der Waals surface area (Å²) < 4.78 is 0. The van der Waals surface area contributed by atoms with Crippen molar-refractivity contribution in [2.24, 2.45) is 4.99 Å². The molecule has 0 amide bonds. The van der Waals surface area contributed by atoms with Crippen LogP contribution in [-0.4, -0.2) is 50.8 Å². The fraction of sp³-hybridized carbons (Fsp3) is 0.125. The van der Waals surface area contributed by atoms with Crippen LogP contribution in [0.2, 0.25) is 0 Å². The number of aliphatic imine (C=N–C) groups is 1. The number of carboxylic acid groups (broad SMARTS) is 3. The van der Waals surface area contributed by atoms with Gasteiger partial charge in [0.25, 0.3) is 0 Å². The number of hydrogen-bond acceptors (Lipinski definition) is 9. The number of H-pyrrole nitrogens is 2. The van der Waals surface area contributed by atoms with Crippen LogP contribution < -0.4 is 46.9 Å². The Balaban J connectivity index is 0.00000514. The third-order valence-electron chi connectivity index (χ3n) is 11.5. The van der Waals surface area contributed by atoms with Crippen LogP contribution in [-0.2, 0) is 17.1 Å². The summed E-state index contributed by atoms with van der Waals surface area (Å²) in [6.07, 6.45) is 2.43. The number of benzene rings is 4. The van der Waals surface area contributed by atoms with Crippen LogP contribution in [0.15, 0.2) is 132 Å². The second kappa shape index (κ2) is 16.4. The fourth-order valence-corrected chi connectivity index (χ4v) is 8.61. The van der Waals surface area contributed by atoms with Gasteiger partial charge in [0, 0.05) is 72.9 Å². The van der Waals surface area contributed by atoms with Crippen molar-refractivity contribution in [1.82, 2.24) is 15.3 Å². The second-order valence-electron chi connectivity index (χ2n) is 15.0. The number of carbonyl (C=O) groups excluding carboxylic acids is 2. The average molecular weight is 850 g/mol. The number of aromatic nitrogens is 2. The van der Waals surface area contributed by atoms with Crippen molar-refractivity contribution in [3.05, 3.63) is 193 Å². The first-order valence-corrected chi connectivity index (χ1v) is 19.4. The van der Waals surface area contributed by atoms with Gasteiger partial charge in [-0.2, -0.15) is 5.95 Å². The minimum absolute atomic E-state index is 0. The number of rotatable bonds is 6. The number of allylic oxidation sites excluding steroid dienone is 1. The van der Waals surface area contributed by atoms with Gasteiger partial charge in [0.15, 0.2) is 0 Å². The van der Waals surface area contributed by atoms with Crippen molar-refractivity contribution in [1.29, 1.82) is 0 Å². The number of aromatic carboxylic acids is 3. The zero-order chi connectivity index (χ0) is 41.7. The number of nitrogens with one attached hydrogen (secondary N) is 3. The molecule has 6 aromatic rings. The number of nitrogens with zero attached hydrogens (tertiary/aromatic N) is 1. The van der Waals surface area contributed by atoms with Crippen LogP contribution in [0.3, 0.4) is 0 Å². The molecule has 2 aromatic heterocycles. The van der Waals surface area contributed by atoms with Crippen LogP contribution in [0, 0.1) is 0 Å². The molecule has 12 nitrogen and oxygen atoms in total. The Morgan fingerprint density at radius 1 is 0.574 bits per heavy atom. The predicted molar refractivity (Wildman–Crippen MR) is 215 cm³/mol. The van der Waals surface area contributed by atoms with Gasteiger partial charge in [0.2, 0.25) is 0 Å². The van der Waals surface area contributed by atoms with Crippen molar-refractivity contribution >= 4 is 51.9 Å². The normalized spacial score (nSPS) is 20.0. The molecule has 1 saturated heterocycles. The van der Waals surface area contributed by atoms with Gasteiger partial charge in [-0.3, -0.25) is 4.99 Å². The molecule has 0 aliphatic carbocycles. The maximum absolute atomic E-state index is 11.8. The topological polar surface area (TPSA) is 220 Å². The molecule has 4 aromatic carbocycles. The second-order valence-corrected chi connectivity index (χ2v) is 15.0. The number of carboxylic acids is 3. The number of fused-ring (bicyclic) bond motifs is 7. The number of aromatic amines is 2. The van der Waals surface area contributed by atoms with E-state index in [9.17, 15) is 39.9 Å². The van der Waals surface area contributed by atoms with Crippen LogP contribution in [0.1, 0.15) is 84.8 Å². The Bertz CT molecular complexity index is 3040. The quantitative estimate of drug-likeness (QED) is 0.165. The van der Waals surface area contributed by atoms with Gasteiger partial charge in [0.05, 0.1) is 29.6 Å². The first-order valence-electron chi connectivity index (χ1n) is 19.4. The van der Waals surface area contributed by atoms with Gasteiger partial charge >= 0.3 is 5.97 Å². The summed E-state index contributed by atoms with van der Waals surface area (Å²) in [7, 11) is 0. The molecule has 61 heavy (non-hydrogen) atoms. The van der Waals surface area contributed by atoms with E-state index in [4.69, 9.17) is 4.99 Å². The summed E-state index contributed by atoms with van der Waals surface area (Å²) in [6.45, 7) is 0. The van der Waals surface area contributed by atoms with Crippen LogP contribution in [0.5, 0.6) is 0 Å². The average Bonchev–Trinajstić information content (AvgIpc) is 4.10. The van der Waals surface area contributed by atoms with Gasteiger partial charge in [-0.15, -0.1) is 0 Å². The summed E-state index contributed by atoms with van der Waals surface area (Å²) in [5.74, 6) is -4.90. The van der Waals surface area contributed by atoms with Gasteiger partial charge in [-0.05, 0) is 100 Å². The summed E-state index contributed by atoms with van der Waals surface area (Å²) in [5.41, 5.74) is 9.03. The Kier molecular flexibility index (Phi) is 10.9. The number of carbonyl (C=O) groups is 3. The first kappa shape index (κ1) is 40.4. The molecule has 5 heterocycles. The predicted octanol–water partition coefficient (Wildman–Crippen LogP) is -0.0226. The van der Waals surface area contributed by atoms with Crippen molar-refractivity contribution in [3.8, 4) is 0 Å². The van der Waals surface area contributed by atoms with Gasteiger partial charge in [-0.1, -0.05) is 84.9 Å². The van der Waals surface area contributed by atoms with E-state index in [1.165, 1.54) is 36.4 Å². The van der Waals surface area contributed by atoms with Crippen LogP contribution in [0.4, 0.5) is 0 Å². The van der Waals surface area contributed by atoms with E-state index in [0.29, 0.717) is 25.7 Å².